The molecule has 104 valence electrons. The Balaban J connectivity index is 1.92. The van der Waals surface area contributed by atoms with Crippen LogP contribution in [-0.4, -0.2) is 18.8 Å². The number of anilines is 2. The molecule has 0 radical (unpaired) electrons. The van der Waals surface area contributed by atoms with E-state index in [1.165, 1.54) is 0 Å². The zero-order chi connectivity index (χ0) is 14.4. The molecule has 2 aromatic carbocycles. The molecule has 0 unspecified atom stereocenters. The van der Waals surface area contributed by atoms with Crippen molar-refractivity contribution in [1.82, 2.24) is 0 Å². The molecule has 0 bridgehead atoms. The largest absolute Gasteiger partial charge is 0.483 e. The third-order valence-electron chi connectivity index (χ3n) is 2.60. The molecular formula is C15H16N2O2S. The summed E-state index contributed by atoms with van der Waals surface area (Å²) in [4.78, 5) is 12.8. The maximum absolute atomic E-state index is 11.8. The first-order valence-electron chi connectivity index (χ1n) is 6.10. The van der Waals surface area contributed by atoms with Crippen molar-refractivity contribution in [1.29, 1.82) is 0 Å². The molecule has 3 N–H and O–H groups in total. The zero-order valence-corrected chi connectivity index (χ0v) is 11.9. The van der Waals surface area contributed by atoms with Gasteiger partial charge in [-0.1, -0.05) is 18.2 Å². The van der Waals surface area contributed by atoms with Crippen LogP contribution in [0.5, 0.6) is 5.75 Å². The number of benzene rings is 2. The quantitative estimate of drug-likeness (QED) is 0.655. The number of nitrogens with one attached hydrogen (secondary N) is 1. The molecule has 0 fully saturated rings. The molecule has 0 aliphatic carbocycles. The molecule has 4 nitrogen and oxygen atoms in total. The van der Waals surface area contributed by atoms with Crippen molar-refractivity contribution in [2.24, 2.45) is 0 Å². The summed E-state index contributed by atoms with van der Waals surface area (Å²) in [7, 11) is 0. The average molecular weight is 288 g/mol. The van der Waals surface area contributed by atoms with E-state index in [1.54, 1.807) is 36.0 Å². The number of carbonyl (C=O) groups excluding carboxylic acids is 1. The van der Waals surface area contributed by atoms with Crippen molar-refractivity contribution in [3.63, 3.8) is 0 Å². The minimum atomic E-state index is -0.216. The summed E-state index contributed by atoms with van der Waals surface area (Å²) in [5, 5.41) is 2.74. The van der Waals surface area contributed by atoms with Crippen LogP contribution < -0.4 is 15.8 Å². The first kappa shape index (κ1) is 14.3. The molecule has 0 atom stereocenters. The molecule has 5 heteroatoms. The average Bonchev–Trinajstić information content (AvgIpc) is 2.45. The lowest BCUT2D eigenvalue weighted by atomic mass is 10.3. The Morgan fingerprint density at radius 3 is 2.80 bits per heavy atom. The van der Waals surface area contributed by atoms with Gasteiger partial charge in [-0.05, 0) is 36.6 Å². The standard InChI is InChI=1S/C15H16N2O2S/c1-20-14-8-3-2-7-13(14)19-10-15(18)17-12-6-4-5-11(16)9-12/h2-9H,10,16H2,1H3,(H,17,18). The summed E-state index contributed by atoms with van der Waals surface area (Å²) < 4.78 is 5.53. The Morgan fingerprint density at radius 1 is 1.25 bits per heavy atom. The molecular weight excluding hydrogens is 272 g/mol. The van der Waals surface area contributed by atoms with Gasteiger partial charge in [0.2, 0.25) is 0 Å². The number of thioether (sulfide) groups is 1. The van der Waals surface area contributed by atoms with E-state index in [0.717, 1.165) is 4.90 Å². The smallest absolute Gasteiger partial charge is 0.262 e. The maximum Gasteiger partial charge on any atom is 0.262 e. The van der Waals surface area contributed by atoms with Gasteiger partial charge in [-0.2, -0.15) is 0 Å². The van der Waals surface area contributed by atoms with Crippen LogP contribution in [0.2, 0.25) is 0 Å². The second kappa shape index (κ2) is 6.86. The lowest BCUT2D eigenvalue weighted by molar-refractivity contribution is -0.118. The highest BCUT2D eigenvalue weighted by molar-refractivity contribution is 7.98. The molecule has 0 aliphatic heterocycles. The van der Waals surface area contributed by atoms with Crippen LogP contribution in [0.3, 0.4) is 0 Å². The molecule has 20 heavy (non-hydrogen) atoms. The van der Waals surface area contributed by atoms with Gasteiger partial charge in [0.05, 0.1) is 0 Å². The molecule has 0 aliphatic rings. The highest BCUT2D eigenvalue weighted by Gasteiger charge is 2.06. The molecule has 2 rings (SSSR count). The van der Waals surface area contributed by atoms with Crippen LogP contribution in [0.1, 0.15) is 0 Å². The van der Waals surface area contributed by atoms with Gasteiger partial charge in [0, 0.05) is 16.3 Å². The third kappa shape index (κ3) is 3.93. The van der Waals surface area contributed by atoms with E-state index < -0.39 is 0 Å². The van der Waals surface area contributed by atoms with E-state index >= 15 is 0 Å². The minimum Gasteiger partial charge on any atom is -0.483 e. The lowest BCUT2D eigenvalue weighted by Crippen LogP contribution is -2.20. The van der Waals surface area contributed by atoms with Crippen molar-refractivity contribution in [2.45, 2.75) is 4.90 Å². The van der Waals surface area contributed by atoms with E-state index in [0.29, 0.717) is 17.1 Å². The van der Waals surface area contributed by atoms with E-state index in [-0.39, 0.29) is 12.5 Å². The van der Waals surface area contributed by atoms with Crippen LogP contribution in [0.4, 0.5) is 11.4 Å². The number of carbonyl (C=O) groups is 1. The van der Waals surface area contributed by atoms with Gasteiger partial charge in [0.25, 0.3) is 5.91 Å². The molecule has 0 saturated carbocycles. The molecule has 0 spiro atoms. The second-order valence-corrected chi connectivity index (χ2v) is 4.96. The van der Waals surface area contributed by atoms with Gasteiger partial charge in [0.15, 0.2) is 6.61 Å². The minimum absolute atomic E-state index is 0.0353. The van der Waals surface area contributed by atoms with Crippen LogP contribution in [0.15, 0.2) is 53.4 Å². The second-order valence-electron chi connectivity index (χ2n) is 4.11. The number of nitrogen functional groups attached to an aromatic ring is 1. The number of hydrogen-bond acceptors (Lipinski definition) is 4. The van der Waals surface area contributed by atoms with E-state index in [1.807, 2.05) is 30.5 Å². The SMILES string of the molecule is CSc1ccccc1OCC(=O)Nc1cccc(N)c1. The van der Waals surface area contributed by atoms with Gasteiger partial charge >= 0.3 is 0 Å². The summed E-state index contributed by atoms with van der Waals surface area (Å²) in [5.41, 5.74) is 6.92. The maximum atomic E-state index is 11.8. The molecule has 1 amide bonds. The predicted octanol–water partition coefficient (Wildman–Crippen LogP) is 3.01. The summed E-state index contributed by atoms with van der Waals surface area (Å²) in [5.74, 6) is 0.495. The van der Waals surface area contributed by atoms with E-state index in [9.17, 15) is 4.79 Å². The van der Waals surface area contributed by atoms with Gasteiger partial charge in [-0.15, -0.1) is 11.8 Å². The summed E-state index contributed by atoms with van der Waals surface area (Å²) >= 11 is 1.58. The van der Waals surface area contributed by atoms with Crippen LogP contribution in [0, 0.1) is 0 Å². The van der Waals surface area contributed by atoms with Gasteiger partial charge in [0.1, 0.15) is 5.75 Å². The first-order chi connectivity index (χ1) is 9.69. The van der Waals surface area contributed by atoms with Crippen molar-refractivity contribution < 1.29 is 9.53 Å². The van der Waals surface area contributed by atoms with Crippen molar-refractivity contribution in [2.75, 3.05) is 23.9 Å². The fourth-order valence-corrected chi connectivity index (χ4v) is 2.24. The van der Waals surface area contributed by atoms with Crippen LogP contribution in [0.25, 0.3) is 0 Å². The number of para-hydroxylation sites is 1. The number of hydrogen-bond donors (Lipinski definition) is 2. The Kier molecular flexibility index (Phi) is 4.90. The Hall–Kier alpha value is -2.14. The Labute approximate surface area is 122 Å². The third-order valence-corrected chi connectivity index (χ3v) is 3.38. The van der Waals surface area contributed by atoms with Gasteiger partial charge in [-0.3, -0.25) is 4.79 Å². The monoisotopic (exact) mass is 288 g/mol. The van der Waals surface area contributed by atoms with Crippen molar-refractivity contribution >= 4 is 29.0 Å². The van der Waals surface area contributed by atoms with Gasteiger partial charge < -0.3 is 15.8 Å². The topological polar surface area (TPSA) is 64.3 Å². The number of amides is 1. The fraction of sp³-hybridized carbons (Fsp3) is 0.133. The highest BCUT2D eigenvalue weighted by atomic mass is 32.2. The first-order valence-corrected chi connectivity index (χ1v) is 7.32. The summed E-state index contributed by atoms with van der Waals surface area (Å²) in [6.45, 7) is -0.0353. The normalized spacial score (nSPS) is 10.1. The summed E-state index contributed by atoms with van der Waals surface area (Å²) in [6.07, 6.45) is 1.97. The Morgan fingerprint density at radius 2 is 2.05 bits per heavy atom. The molecule has 0 saturated heterocycles. The van der Waals surface area contributed by atoms with E-state index in [2.05, 4.69) is 5.32 Å². The number of rotatable bonds is 5. The van der Waals surface area contributed by atoms with Crippen molar-refractivity contribution in [3.8, 4) is 5.75 Å². The zero-order valence-electron chi connectivity index (χ0n) is 11.1. The Bertz CT molecular complexity index is 602. The summed E-state index contributed by atoms with van der Waals surface area (Å²) in [6, 6.07) is 14.7. The van der Waals surface area contributed by atoms with E-state index in [4.69, 9.17) is 10.5 Å². The van der Waals surface area contributed by atoms with Gasteiger partial charge in [-0.25, -0.2) is 0 Å². The number of ether oxygens (including phenoxy) is 1. The lowest BCUT2D eigenvalue weighted by Gasteiger charge is -2.10. The van der Waals surface area contributed by atoms with Crippen LogP contribution >= 0.6 is 11.8 Å². The predicted molar refractivity (Wildman–Crippen MR) is 83.2 cm³/mol. The molecule has 0 aromatic heterocycles. The number of nitrogens with two attached hydrogens (primary N) is 1. The molecule has 2 aromatic rings. The highest BCUT2D eigenvalue weighted by Crippen LogP contribution is 2.26. The van der Waals surface area contributed by atoms with Crippen molar-refractivity contribution in [3.05, 3.63) is 48.5 Å². The van der Waals surface area contributed by atoms with Crippen LogP contribution in [-0.2, 0) is 4.79 Å². The molecule has 0 heterocycles. The fourth-order valence-electron chi connectivity index (χ4n) is 1.69.